The summed E-state index contributed by atoms with van der Waals surface area (Å²) in [5.41, 5.74) is 0. The van der Waals surface area contributed by atoms with Crippen LogP contribution in [0, 0.1) is 5.92 Å². The summed E-state index contributed by atoms with van der Waals surface area (Å²) in [6.45, 7) is 3.21. The van der Waals surface area contributed by atoms with Gasteiger partial charge >= 0.3 is 0 Å². The van der Waals surface area contributed by atoms with Gasteiger partial charge in [0.05, 0.1) is 12.0 Å². The SMILES string of the molecule is CCN1CC(C(=O)N2C3CCC2CC(O)C3)CC1=O. The van der Waals surface area contributed by atoms with Crippen molar-refractivity contribution in [3.8, 4) is 0 Å². The van der Waals surface area contributed by atoms with E-state index in [1.54, 1.807) is 4.90 Å². The van der Waals surface area contributed by atoms with Crippen LogP contribution in [0.5, 0.6) is 0 Å². The zero-order valence-electron chi connectivity index (χ0n) is 11.4. The molecule has 0 aromatic heterocycles. The molecule has 0 radical (unpaired) electrons. The summed E-state index contributed by atoms with van der Waals surface area (Å²) < 4.78 is 0. The van der Waals surface area contributed by atoms with E-state index in [1.165, 1.54) is 0 Å². The Hall–Kier alpha value is -1.10. The van der Waals surface area contributed by atoms with E-state index >= 15 is 0 Å². The fourth-order valence-electron chi connectivity index (χ4n) is 3.96. The van der Waals surface area contributed by atoms with Crippen LogP contribution in [0.1, 0.15) is 39.0 Å². The lowest BCUT2D eigenvalue weighted by Crippen LogP contribution is -2.50. The highest BCUT2D eigenvalue weighted by molar-refractivity contribution is 5.89. The molecule has 5 heteroatoms. The van der Waals surface area contributed by atoms with Crippen molar-refractivity contribution in [3.63, 3.8) is 0 Å². The van der Waals surface area contributed by atoms with Crippen LogP contribution in [0.2, 0.25) is 0 Å². The van der Waals surface area contributed by atoms with E-state index in [9.17, 15) is 14.7 Å². The minimum absolute atomic E-state index is 0.102. The quantitative estimate of drug-likeness (QED) is 0.785. The predicted molar refractivity (Wildman–Crippen MR) is 69.3 cm³/mol. The minimum atomic E-state index is -0.251. The Morgan fingerprint density at radius 2 is 1.95 bits per heavy atom. The molecule has 5 nitrogen and oxygen atoms in total. The molecular formula is C14H22N2O3. The van der Waals surface area contributed by atoms with Crippen LogP contribution in [0.3, 0.4) is 0 Å². The number of rotatable bonds is 2. The van der Waals surface area contributed by atoms with Crippen LogP contribution in [0.15, 0.2) is 0 Å². The van der Waals surface area contributed by atoms with Gasteiger partial charge in [-0.05, 0) is 32.6 Å². The van der Waals surface area contributed by atoms with E-state index in [2.05, 4.69) is 0 Å². The number of fused-ring (bicyclic) bond motifs is 2. The number of aliphatic hydroxyl groups excluding tert-OH is 1. The normalized spacial score (nSPS) is 38.1. The van der Waals surface area contributed by atoms with Crippen LogP contribution >= 0.6 is 0 Å². The van der Waals surface area contributed by atoms with Crippen molar-refractivity contribution < 1.29 is 14.7 Å². The number of carbonyl (C=O) groups is 2. The lowest BCUT2D eigenvalue weighted by molar-refractivity contribution is -0.141. The zero-order chi connectivity index (χ0) is 13.6. The average Bonchev–Trinajstić information content (AvgIpc) is 2.87. The van der Waals surface area contributed by atoms with Crippen molar-refractivity contribution in [1.29, 1.82) is 0 Å². The molecule has 3 aliphatic rings. The molecule has 3 aliphatic heterocycles. The first-order valence-electron chi connectivity index (χ1n) is 7.38. The number of aliphatic hydroxyl groups is 1. The van der Waals surface area contributed by atoms with Gasteiger partial charge in [-0.25, -0.2) is 0 Å². The summed E-state index contributed by atoms with van der Waals surface area (Å²) in [5.74, 6) is 0.0831. The van der Waals surface area contributed by atoms with Crippen LogP contribution in [0.25, 0.3) is 0 Å². The molecule has 3 fully saturated rings. The molecule has 0 aliphatic carbocycles. The number of piperidine rings is 1. The third kappa shape index (κ3) is 2.14. The maximum atomic E-state index is 12.6. The van der Waals surface area contributed by atoms with Crippen molar-refractivity contribution in [2.75, 3.05) is 13.1 Å². The fourth-order valence-corrected chi connectivity index (χ4v) is 3.96. The van der Waals surface area contributed by atoms with Gasteiger partial charge in [-0.2, -0.15) is 0 Å². The van der Waals surface area contributed by atoms with E-state index < -0.39 is 0 Å². The Bertz CT molecular complexity index is 384. The Labute approximate surface area is 113 Å². The molecule has 1 N–H and O–H groups in total. The van der Waals surface area contributed by atoms with Gasteiger partial charge in [0.25, 0.3) is 0 Å². The first-order valence-corrected chi connectivity index (χ1v) is 7.38. The number of hydrogen-bond acceptors (Lipinski definition) is 3. The summed E-state index contributed by atoms with van der Waals surface area (Å²) in [4.78, 5) is 28.1. The van der Waals surface area contributed by atoms with Gasteiger partial charge in [-0.15, -0.1) is 0 Å². The van der Waals surface area contributed by atoms with Crippen molar-refractivity contribution in [1.82, 2.24) is 9.80 Å². The lowest BCUT2D eigenvalue weighted by atomic mass is 9.97. The molecule has 3 unspecified atom stereocenters. The molecule has 2 amide bonds. The summed E-state index contributed by atoms with van der Waals surface area (Å²) in [6.07, 6.45) is 3.54. The first kappa shape index (κ1) is 12.9. The van der Waals surface area contributed by atoms with E-state index in [0.717, 1.165) is 12.8 Å². The second-order valence-electron chi connectivity index (χ2n) is 6.09. The molecule has 2 bridgehead atoms. The van der Waals surface area contributed by atoms with Crippen molar-refractivity contribution in [3.05, 3.63) is 0 Å². The second-order valence-corrected chi connectivity index (χ2v) is 6.09. The molecule has 0 spiro atoms. The van der Waals surface area contributed by atoms with E-state index in [-0.39, 0.29) is 35.9 Å². The third-order valence-electron chi connectivity index (χ3n) is 4.91. The second kappa shape index (κ2) is 4.78. The number of hydrogen-bond donors (Lipinski definition) is 1. The van der Waals surface area contributed by atoms with E-state index in [0.29, 0.717) is 32.4 Å². The molecule has 0 aromatic carbocycles. The Morgan fingerprint density at radius 1 is 1.32 bits per heavy atom. The number of likely N-dealkylation sites (tertiary alicyclic amines) is 1. The highest BCUT2D eigenvalue weighted by atomic mass is 16.3. The largest absolute Gasteiger partial charge is 0.393 e. The Morgan fingerprint density at radius 3 is 2.47 bits per heavy atom. The highest BCUT2D eigenvalue weighted by Crippen LogP contribution is 2.37. The third-order valence-corrected chi connectivity index (χ3v) is 4.91. The summed E-state index contributed by atoms with van der Waals surface area (Å²) in [7, 11) is 0. The van der Waals surface area contributed by atoms with Crippen molar-refractivity contribution >= 4 is 11.8 Å². The lowest BCUT2D eigenvalue weighted by Gasteiger charge is -2.38. The van der Waals surface area contributed by atoms with Gasteiger partial charge in [-0.3, -0.25) is 9.59 Å². The molecule has 3 saturated heterocycles. The maximum Gasteiger partial charge on any atom is 0.228 e. The molecule has 3 heterocycles. The standard InChI is InChI=1S/C14H22N2O3/c1-2-15-8-9(5-13(15)18)14(19)16-10-3-4-11(16)7-12(17)6-10/h9-12,17H,2-8H2,1H3. The van der Waals surface area contributed by atoms with E-state index in [4.69, 9.17) is 0 Å². The monoisotopic (exact) mass is 266 g/mol. The maximum absolute atomic E-state index is 12.6. The topological polar surface area (TPSA) is 60.9 Å². The molecule has 3 atom stereocenters. The predicted octanol–water partition coefficient (Wildman–Crippen LogP) is 0.369. The Balaban J connectivity index is 1.70. The average molecular weight is 266 g/mol. The molecule has 106 valence electrons. The number of carbonyl (C=O) groups excluding carboxylic acids is 2. The van der Waals surface area contributed by atoms with Gasteiger partial charge in [-0.1, -0.05) is 0 Å². The molecule has 0 saturated carbocycles. The molecule has 0 aromatic rings. The fraction of sp³-hybridized carbons (Fsp3) is 0.857. The number of nitrogens with zero attached hydrogens (tertiary/aromatic N) is 2. The number of amides is 2. The van der Waals surface area contributed by atoms with Gasteiger partial charge in [0, 0.05) is 31.6 Å². The van der Waals surface area contributed by atoms with Crippen LogP contribution in [0.4, 0.5) is 0 Å². The van der Waals surface area contributed by atoms with Gasteiger partial charge < -0.3 is 14.9 Å². The van der Waals surface area contributed by atoms with Gasteiger partial charge in [0.2, 0.25) is 11.8 Å². The van der Waals surface area contributed by atoms with Crippen LogP contribution in [-0.2, 0) is 9.59 Å². The minimum Gasteiger partial charge on any atom is -0.393 e. The summed E-state index contributed by atoms with van der Waals surface area (Å²) in [6, 6.07) is 0.402. The van der Waals surface area contributed by atoms with Crippen LogP contribution in [-0.4, -0.2) is 58.0 Å². The first-order chi connectivity index (χ1) is 9.10. The van der Waals surface area contributed by atoms with Crippen LogP contribution < -0.4 is 0 Å². The highest BCUT2D eigenvalue weighted by Gasteiger charge is 2.46. The smallest absolute Gasteiger partial charge is 0.228 e. The Kier molecular flexibility index (Phi) is 3.25. The summed E-state index contributed by atoms with van der Waals surface area (Å²) >= 11 is 0. The molecule has 19 heavy (non-hydrogen) atoms. The summed E-state index contributed by atoms with van der Waals surface area (Å²) in [5, 5.41) is 9.78. The van der Waals surface area contributed by atoms with Gasteiger partial charge in [0.1, 0.15) is 0 Å². The van der Waals surface area contributed by atoms with E-state index in [1.807, 2.05) is 11.8 Å². The molecular weight excluding hydrogens is 244 g/mol. The zero-order valence-corrected chi connectivity index (χ0v) is 11.4. The van der Waals surface area contributed by atoms with Crippen molar-refractivity contribution in [2.24, 2.45) is 5.92 Å². The van der Waals surface area contributed by atoms with Gasteiger partial charge in [0.15, 0.2) is 0 Å². The van der Waals surface area contributed by atoms with Crippen molar-refractivity contribution in [2.45, 2.75) is 57.2 Å². The molecule has 3 rings (SSSR count).